The molecule has 0 spiro atoms. The van der Waals surface area contributed by atoms with E-state index in [4.69, 9.17) is 16.3 Å². The second-order valence-corrected chi connectivity index (χ2v) is 6.92. The summed E-state index contributed by atoms with van der Waals surface area (Å²) in [5.41, 5.74) is 1.00. The lowest BCUT2D eigenvalue weighted by Crippen LogP contribution is -2.46. The maximum atomic E-state index is 12.9. The largest absolute Gasteiger partial charge is 0.480 e. The fourth-order valence-electron chi connectivity index (χ4n) is 3.61. The van der Waals surface area contributed by atoms with E-state index in [9.17, 15) is 4.79 Å². The number of aromatic nitrogens is 3. The molecule has 1 aromatic heterocycles. The molecule has 2 aliphatic rings. The van der Waals surface area contributed by atoms with Crippen LogP contribution in [-0.2, 0) is 18.3 Å². The van der Waals surface area contributed by atoms with E-state index < -0.39 is 6.10 Å². The molecule has 24 heavy (non-hydrogen) atoms. The Morgan fingerprint density at radius 3 is 3.08 bits per heavy atom. The predicted molar refractivity (Wildman–Crippen MR) is 89.1 cm³/mol. The highest BCUT2D eigenvalue weighted by Crippen LogP contribution is 2.33. The number of carbonyl (C=O) groups is 1. The van der Waals surface area contributed by atoms with Gasteiger partial charge < -0.3 is 14.2 Å². The first kappa shape index (κ1) is 15.4. The van der Waals surface area contributed by atoms with Crippen LogP contribution in [-0.4, -0.2) is 44.8 Å². The summed E-state index contributed by atoms with van der Waals surface area (Å²) in [7, 11) is 1.94. The van der Waals surface area contributed by atoms with Crippen molar-refractivity contribution in [3.8, 4) is 5.75 Å². The van der Waals surface area contributed by atoms with Crippen LogP contribution in [0.2, 0.25) is 5.02 Å². The maximum absolute atomic E-state index is 12.9. The minimum atomic E-state index is -0.447. The van der Waals surface area contributed by atoms with E-state index in [0.29, 0.717) is 18.0 Å². The molecule has 2 atom stereocenters. The second-order valence-electron chi connectivity index (χ2n) is 6.49. The quantitative estimate of drug-likeness (QED) is 0.836. The number of piperidine rings is 1. The monoisotopic (exact) mass is 346 g/mol. The zero-order valence-corrected chi connectivity index (χ0v) is 14.2. The Balaban J connectivity index is 1.46. The second kappa shape index (κ2) is 6.09. The number of carbonyl (C=O) groups excluding carboxylic acids is 1. The van der Waals surface area contributed by atoms with Gasteiger partial charge in [0.15, 0.2) is 6.10 Å². The third kappa shape index (κ3) is 2.75. The molecule has 1 saturated heterocycles. The molecule has 2 aliphatic heterocycles. The summed E-state index contributed by atoms with van der Waals surface area (Å²) < 4.78 is 7.78. The Kier molecular flexibility index (Phi) is 3.92. The molecule has 0 N–H and O–H groups in total. The fraction of sp³-hybridized carbons (Fsp3) is 0.471. The van der Waals surface area contributed by atoms with Crippen LogP contribution >= 0.6 is 11.6 Å². The maximum Gasteiger partial charge on any atom is 0.264 e. The zero-order chi connectivity index (χ0) is 16.7. The first-order valence-electron chi connectivity index (χ1n) is 8.19. The van der Waals surface area contributed by atoms with Crippen molar-refractivity contribution in [1.82, 2.24) is 19.7 Å². The van der Waals surface area contributed by atoms with Crippen LogP contribution in [0.5, 0.6) is 5.75 Å². The predicted octanol–water partition coefficient (Wildman–Crippen LogP) is 2.18. The van der Waals surface area contributed by atoms with Gasteiger partial charge in [0.25, 0.3) is 5.91 Å². The average molecular weight is 347 g/mol. The van der Waals surface area contributed by atoms with Crippen LogP contribution in [0.25, 0.3) is 0 Å². The lowest BCUT2D eigenvalue weighted by atomic mass is 9.96. The van der Waals surface area contributed by atoms with Gasteiger partial charge in [-0.25, -0.2) is 0 Å². The molecular weight excluding hydrogens is 328 g/mol. The SMILES string of the molecule is Cn1cnnc1[C@H]1CCCN(C(=O)[C@H]2Cc3cc(Cl)ccc3O2)C1. The minimum absolute atomic E-state index is 0.0502. The van der Waals surface area contributed by atoms with Gasteiger partial charge in [-0.15, -0.1) is 10.2 Å². The highest BCUT2D eigenvalue weighted by molar-refractivity contribution is 6.30. The molecule has 1 aromatic carbocycles. The Labute approximate surface area is 145 Å². The molecule has 126 valence electrons. The summed E-state index contributed by atoms with van der Waals surface area (Å²) in [6.07, 6.45) is 3.83. The van der Waals surface area contributed by atoms with Gasteiger partial charge in [0.2, 0.25) is 0 Å². The summed E-state index contributed by atoms with van der Waals surface area (Å²) in [5, 5.41) is 8.83. The molecule has 0 radical (unpaired) electrons. The third-order valence-electron chi connectivity index (χ3n) is 4.82. The van der Waals surface area contributed by atoms with Crippen LogP contribution < -0.4 is 4.74 Å². The van der Waals surface area contributed by atoms with Gasteiger partial charge in [-0.05, 0) is 36.6 Å². The van der Waals surface area contributed by atoms with Gasteiger partial charge in [0, 0.05) is 37.5 Å². The number of nitrogens with zero attached hydrogens (tertiary/aromatic N) is 4. The highest BCUT2D eigenvalue weighted by atomic mass is 35.5. The average Bonchev–Trinajstić information content (AvgIpc) is 3.20. The Bertz CT molecular complexity index is 776. The standard InChI is InChI=1S/C17H19ClN4O2/c1-21-10-19-20-16(21)11-3-2-6-22(9-11)17(23)15-8-12-7-13(18)4-5-14(12)24-15/h4-5,7,10-11,15H,2-3,6,8-9H2,1H3/t11-,15+/m0/s1. The summed E-state index contributed by atoms with van der Waals surface area (Å²) in [5.74, 6) is 1.98. The van der Waals surface area contributed by atoms with E-state index in [0.717, 1.165) is 36.5 Å². The number of amides is 1. The number of halogens is 1. The molecule has 1 amide bonds. The van der Waals surface area contributed by atoms with Crippen LogP contribution in [0, 0.1) is 0 Å². The van der Waals surface area contributed by atoms with Crippen LogP contribution in [0.1, 0.15) is 30.1 Å². The van der Waals surface area contributed by atoms with E-state index in [2.05, 4.69) is 10.2 Å². The van der Waals surface area contributed by atoms with Crippen LogP contribution in [0.4, 0.5) is 0 Å². The van der Waals surface area contributed by atoms with Crippen molar-refractivity contribution in [3.63, 3.8) is 0 Å². The molecule has 1 fully saturated rings. The molecule has 0 unspecified atom stereocenters. The molecule has 6 nitrogen and oxygen atoms in total. The molecule has 2 aromatic rings. The van der Waals surface area contributed by atoms with Crippen molar-refractivity contribution < 1.29 is 9.53 Å². The van der Waals surface area contributed by atoms with E-state index in [1.807, 2.05) is 28.6 Å². The molecular formula is C17H19ClN4O2. The van der Waals surface area contributed by atoms with Crippen molar-refractivity contribution in [2.24, 2.45) is 7.05 Å². The van der Waals surface area contributed by atoms with Gasteiger partial charge >= 0.3 is 0 Å². The van der Waals surface area contributed by atoms with Crippen molar-refractivity contribution in [2.75, 3.05) is 13.1 Å². The molecule has 0 bridgehead atoms. The van der Waals surface area contributed by atoms with Gasteiger partial charge in [0.1, 0.15) is 17.9 Å². The number of ether oxygens (including phenoxy) is 1. The number of fused-ring (bicyclic) bond motifs is 1. The lowest BCUT2D eigenvalue weighted by molar-refractivity contribution is -0.139. The number of hydrogen-bond acceptors (Lipinski definition) is 4. The van der Waals surface area contributed by atoms with E-state index in [1.54, 1.807) is 12.4 Å². The van der Waals surface area contributed by atoms with Crippen molar-refractivity contribution in [3.05, 3.63) is 40.9 Å². The number of aryl methyl sites for hydroxylation is 1. The number of likely N-dealkylation sites (tertiary alicyclic amines) is 1. The van der Waals surface area contributed by atoms with Gasteiger partial charge in [0.05, 0.1) is 0 Å². The van der Waals surface area contributed by atoms with Gasteiger partial charge in [-0.2, -0.15) is 0 Å². The van der Waals surface area contributed by atoms with Crippen molar-refractivity contribution >= 4 is 17.5 Å². The Morgan fingerprint density at radius 1 is 1.42 bits per heavy atom. The topological polar surface area (TPSA) is 60.2 Å². The van der Waals surface area contributed by atoms with Gasteiger partial charge in [-0.1, -0.05) is 11.6 Å². The number of benzene rings is 1. The smallest absolute Gasteiger partial charge is 0.264 e. The highest BCUT2D eigenvalue weighted by Gasteiger charge is 2.35. The van der Waals surface area contributed by atoms with E-state index in [-0.39, 0.29) is 11.8 Å². The van der Waals surface area contributed by atoms with Crippen LogP contribution in [0.3, 0.4) is 0 Å². The fourth-order valence-corrected chi connectivity index (χ4v) is 3.80. The Morgan fingerprint density at radius 2 is 2.29 bits per heavy atom. The molecule has 3 heterocycles. The normalized spacial score (nSPS) is 23.0. The van der Waals surface area contributed by atoms with Gasteiger partial charge in [-0.3, -0.25) is 4.79 Å². The first-order chi connectivity index (χ1) is 11.6. The third-order valence-corrected chi connectivity index (χ3v) is 5.05. The van der Waals surface area contributed by atoms with E-state index >= 15 is 0 Å². The number of rotatable bonds is 2. The summed E-state index contributed by atoms with van der Waals surface area (Å²) >= 11 is 6.02. The molecule has 0 aliphatic carbocycles. The molecule has 0 saturated carbocycles. The van der Waals surface area contributed by atoms with Crippen LogP contribution in [0.15, 0.2) is 24.5 Å². The van der Waals surface area contributed by atoms with Crippen molar-refractivity contribution in [1.29, 1.82) is 0 Å². The van der Waals surface area contributed by atoms with Crippen molar-refractivity contribution in [2.45, 2.75) is 31.3 Å². The summed E-state index contributed by atoms with van der Waals surface area (Å²) in [6.45, 7) is 1.44. The minimum Gasteiger partial charge on any atom is -0.480 e. The summed E-state index contributed by atoms with van der Waals surface area (Å²) in [4.78, 5) is 14.8. The Hall–Kier alpha value is -2.08. The van der Waals surface area contributed by atoms with E-state index in [1.165, 1.54) is 0 Å². The number of hydrogen-bond donors (Lipinski definition) is 0. The first-order valence-corrected chi connectivity index (χ1v) is 8.57. The molecule has 7 heteroatoms. The lowest BCUT2D eigenvalue weighted by Gasteiger charge is -2.33. The molecule has 4 rings (SSSR count). The summed E-state index contributed by atoms with van der Waals surface area (Å²) in [6, 6.07) is 5.50. The zero-order valence-electron chi connectivity index (χ0n) is 13.5.